The molecule has 0 amide bonds. The summed E-state index contributed by atoms with van der Waals surface area (Å²) >= 11 is 1.37. The third-order valence-corrected chi connectivity index (χ3v) is 3.34. The molecular formula is C12H10F2OS. The molecule has 2 rings (SSSR count). The smallest absolute Gasteiger partial charge is 0.129 e. The van der Waals surface area contributed by atoms with E-state index in [0.717, 1.165) is 23.1 Å². The number of hydrogen-bond acceptors (Lipinski definition) is 2. The Hall–Kier alpha value is -1.26. The summed E-state index contributed by atoms with van der Waals surface area (Å²) in [6.07, 6.45) is -1.10. The molecule has 0 fully saturated rings. The van der Waals surface area contributed by atoms with Crippen molar-refractivity contribution >= 4 is 11.3 Å². The Labute approximate surface area is 96.0 Å². The van der Waals surface area contributed by atoms with E-state index >= 15 is 0 Å². The number of halogens is 2. The van der Waals surface area contributed by atoms with Crippen LogP contribution in [0.4, 0.5) is 8.78 Å². The number of thiophene rings is 1. The normalized spacial score (nSPS) is 12.8. The van der Waals surface area contributed by atoms with Crippen LogP contribution in [0.15, 0.2) is 30.3 Å². The van der Waals surface area contributed by atoms with Gasteiger partial charge in [-0.25, -0.2) is 8.78 Å². The van der Waals surface area contributed by atoms with Crippen LogP contribution in [-0.2, 0) is 0 Å². The Morgan fingerprint density at radius 2 is 1.94 bits per heavy atom. The highest BCUT2D eigenvalue weighted by Gasteiger charge is 2.17. The van der Waals surface area contributed by atoms with Gasteiger partial charge in [0, 0.05) is 15.3 Å². The molecule has 1 atom stereocenters. The van der Waals surface area contributed by atoms with Crippen LogP contribution in [0.5, 0.6) is 0 Å². The molecule has 1 aromatic carbocycles. The molecule has 0 aliphatic rings. The molecule has 2 aromatic rings. The van der Waals surface area contributed by atoms with E-state index in [1.807, 2.05) is 13.0 Å². The lowest BCUT2D eigenvalue weighted by Crippen LogP contribution is -2.01. The molecule has 0 aliphatic carbocycles. The monoisotopic (exact) mass is 240 g/mol. The summed E-state index contributed by atoms with van der Waals surface area (Å²) in [5.41, 5.74) is -0.0261. The molecule has 1 unspecified atom stereocenters. The molecule has 84 valence electrons. The van der Waals surface area contributed by atoms with Gasteiger partial charge in [-0.1, -0.05) is 0 Å². The molecule has 4 heteroatoms. The van der Waals surface area contributed by atoms with Crippen LogP contribution in [0.1, 0.15) is 21.4 Å². The van der Waals surface area contributed by atoms with Crippen LogP contribution < -0.4 is 0 Å². The lowest BCUT2D eigenvalue weighted by atomic mass is 10.1. The van der Waals surface area contributed by atoms with Gasteiger partial charge in [-0.15, -0.1) is 11.3 Å². The van der Waals surface area contributed by atoms with Crippen molar-refractivity contribution < 1.29 is 13.9 Å². The first-order valence-corrected chi connectivity index (χ1v) is 5.59. The van der Waals surface area contributed by atoms with Gasteiger partial charge in [0.2, 0.25) is 0 Å². The third-order valence-electron chi connectivity index (χ3n) is 2.28. The van der Waals surface area contributed by atoms with Gasteiger partial charge in [-0.3, -0.25) is 0 Å². The number of aliphatic hydroxyl groups excluding tert-OH is 1. The van der Waals surface area contributed by atoms with E-state index in [9.17, 15) is 13.9 Å². The maximum Gasteiger partial charge on any atom is 0.129 e. The van der Waals surface area contributed by atoms with E-state index < -0.39 is 17.7 Å². The summed E-state index contributed by atoms with van der Waals surface area (Å²) < 4.78 is 26.3. The fourth-order valence-electron chi connectivity index (χ4n) is 1.48. The highest BCUT2D eigenvalue weighted by molar-refractivity contribution is 7.12. The van der Waals surface area contributed by atoms with E-state index in [0.29, 0.717) is 4.88 Å². The largest absolute Gasteiger partial charge is 0.383 e. The summed E-state index contributed by atoms with van der Waals surface area (Å²) in [5.74, 6) is -1.15. The van der Waals surface area contributed by atoms with Gasteiger partial charge in [-0.2, -0.15) is 0 Å². The van der Waals surface area contributed by atoms with Gasteiger partial charge in [0.05, 0.1) is 0 Å². The molecule has 0 saturated carbocycles. The third kappa shape index (κ3) is 2.13. The van der Waals surface area contributed by atoms with Gasteiger partial charge in [-0.05, 0) is 37.3 Å². The lowest BCUT2D eigenvalue weighted by molar-refractivity contribution is 0.218. The molecule has 0 radical (unpaired) electrons. The second-order valence-electron chi connectivity index (χ2n) is 3.52. The second kappa shape index (κ2) is 4.31. The Morgan fingerprint density at radius 1 is 1.19 bits per heavy atom. The first-order chi connectivity index (χ1) is 7.58. The van der Waals surface area contributed by atoms with Crippen LogP contribution >= 0.6 is 11.3 Å². The number of hydrogen-bond donors (Lipinski definition) is 1. The fraction of sp³-hybridized carbons (Fsp3) is 0.167. The Balaban J connectivity index is 2.40. The SMILES string of the molecule is Cc1ccc(C(O)c2cc(F)ccc2F)s1. The molecule has 1 heterocycles. The van der Waals surface area contributed by atoms with E-state index in [1.165, 1.54) is 11.3 Å². The quantitative estimate of drug-likeness (QED) is 0.852. The average Bonchev–Trinajstić information content (AvgIpc) is 2.67. The zero-order valence-electron chi connectivity index (χ0n) is 8.58. The van der Waals surface area contributed by atoms with Crippen molar-refractivity contribution in [1.82, 2.24) is 0 Å². The maximum absolute atomic E-state index is 13.4. The summed E-state index contributed by atoms with van der Waals surface area (Å²) in [6.45, 7) is 1.89. The van der Waals surface area contributed by atoms with Crippen molar-refractivity contribution in [3.05, 3.63) is 57.3 Å². The zero-order chi connectivity index (χ0) is 11.7. The topological polar surface area (TPSA) is 20.2 Å². The molecule has 16 heavy (non-hydrogen) atoms. The van der Waals surface area contributed by atoms with E-state index in [4.69, 9.17) is 0 Å². The lowest BCUT2D eigenvalue weighted by Gasteiger charge is -2.09. The molecule has 1 aromatic heterocycles. The van der Waals surface area contributed by atoms with Crippen molar-refractivity contribution in [3.8, 4) is 0 Å². The molecule has 0 spiro atoms. The molecule has 1 N–H and O–H groups in total. The molecule has 0 saturated heterocycles. The minimum atomic E-state index is -1.10. The first kappa shape index (κ1) is 11.2. The Morgan fingerprint density at radius 3 is 2.56 bits per heavy atom. The summed E-state index contributed by atoms with van der Waals surface area (Å²) in [6, 6.07) is 6.63. The van der Waals surface area contributed by atoms with Gasteiger partial charge < -0.3 is 5.11 Å². The number of aryl methyl sites for hydroxylation is 1. The van der Waals surface area contributed by atoms with Crippen molar-refractivity contribution in [3.63, 3.8) is 0 Å². The molecule has 1 nitrogen and oxygen atoms in total. The number of rotatable bonds is 2. The highest BCUT2D eigenvalue weighted by Crippen LogP contribution is 2.29. The number of aliphatic hydroxyl groups is 1. The van der Waals surface area contributed by atoms with Gasteiger partial charge >= 0.3 is 0 Å². The minimum Gasteiger partial charge on any atom is -0.383 e. The van der Waals surface area contributed by atoms with E-state index in [-0.39, 0.29) is 5.56 Å². The van der Waals surface area contributed by atoms with Crippen molar-refractivity contribution in [2.24, 2.45) is 0 Å². The van der Waals surface area contributed by atoms with Crippen molar-refractivity contribution in [1.29, 1.82) is 0 Å². The summed E-state index contributed by atoms with van der Waals surface area (Å²) in [7, 11) is 0. The molecular weight excluding hydrogens is 230 g/mol. The van der Waals surface area contributed by atoms with E-state index in [2.05, 4.69) is 0 Å². The second-order valence-corrected chi connectivity index (χ2v) is 4.84. The van der Waals surface area contributed by atoms with Gasteiger partial charge in [0.25, 0.3) is 0 Å². The van der Waals surface area contributed by atoms with Crippen LogP contribution in [-0.4, -0.2) is 5.11 Å². The Kier molecular flexibility index (Phi) is 3.03. The van der Waals surface area contributed by atoms with Gasteiger partial charge in [0.1, 0.15) is 17.7 Å². The predicted molar refractivity (Wildman–Crippen MR) is 59.5 cm³/mol. The average molecular weight is 240 g/mol. The van der Waals surface area contributed by atoms with Crippen LogP contribution in [0.2, 0.25) is 0 Å². The van der Waals surface area contributed by atoms with Crippen molar-refractivity contribution in [2.45, 2.75) is 13.0 Å². The van der Waals surface area contributed by atoms with Crippen LogP contribution in [0.3, 0.4) is 0 Å². The number of benzene rings is 1. The van der Waals surface area contributed by atoms with E-state index in [1.54, 1.807) is 6.07 Å². The first-order valence-electron chi connectivity index (χ1n) is 4.77. The Bertz CT molecular complexity index is 507. The zero-order valence-corrected chi connectivity index (χ0v) is 9.39. The minimum absolute atomic E-state index is 0.0261. The standard InChI is InChI=1S/C12H10F2OS/c1-7-2-5-11(16-7)12(15)9-6-8(13)3-4-10(9)14/h2-6,12,15H,1H3. The fourth-order valence-corrected chi connectivity index (χ4v) is 2.36. The predicted octanol–water partition coefficient (Wildman–Crippen LogP) is 3.42. The van der Waals surface area contributed by atoms with Crippen LogP contribution in [0, 0.1) is 18.6 Å². The van der Waals surface area contributed by atoms with Crippen molar-refractivity contribution in [2.75, 3.05) is 0 Å². The summed E-state index contributed by atoms with van der Waals surface area (Å²) in [4.78, 5) is 1.63. The maximum atomic E-state index is 13.4. The summed E-state index contributed by atoms with van der Waals surface area (Å²) in [5, 5.41) is 9.91. The van der Waals surface area contributed by atoms with Crippen LogP contribution in [0.25, 0.3) is 0 Å². The highest BCUT2D eigenvalue weighted by atomic mass is 32.1. The van der Waals surface area contributed by atoms with Gasteiger partial charge in [0.15, 0.2) is 0 Å². The molecule has 0 aliphatic heterocycles. The molecule has 0 bridgehead atoms.